The Morgan fingerprint density at radius 1 is 0.175 bits per heavy atom. The van der Waals surface area contributed by atoms with Crippen molar-refractivity contribution >= 4 is 86.6 Å². The molecule has 0 amide bonds. The second-order valence-corrected chi connectivity index (χ2v) is 37.6. The fourth-order valence-corrected chi connectivity index (χ4v) is 22.2. The topological polar surface area (TPSA) is 129 Å². The predicted octanol–water partition coefficient (Wildman–Crippen LogP) is 31.8. The van der Waals surface area contributed by atoms with Crippen LogP contribution in [0.4, 0.5) is 0 Å². The smallest absolute Gasteiger partial charge is 0.107 e. The van der Waals surface area contributed by atoms with Crippen LogP contribution in [0.15, 0.2) is 426 Å². The summed E-state index contributed by atoms with van der Waals surface area (Å²) in [5, 5.41) is 15.7. The molecule has 0 spiro atoms. The lowest BCUT2D eigenvalue weighted by atomic mass is 9.77. The first-order valence-corrected chi connectivity index (χ1v) is 46.9. The third-order valence-electron chi connectivity index (χ3n) is 28.7. The van der Waals surface area contributed by atoms with Crippen molar-refractivity contribution in [1.82, 2.24) is 49.8 Å². The molecule has 3 aliphatic carbocycles. The zero-order valence-electron chi connectivity index (χ0n) is 76.4. The number of rotatable bonds is 10. The van der Waals surface area contributed by atoms with Crippen molar-refractivity contribution in [2.75, 3.05) is 0 Å². The summed E-state index contributed by atoms with van der Waals surface area (Å²) in [5.74, 6) is 0. The Labute approximate surface area is 793 Å². The third-order valence-corrected chi connectivity index (χ3v) is 28.7. The van der Waals surface area contributed by atoms with Crippen LogP contribution in [0, 0.1) is 0 Å². The molecule has 3 aliphatic rings. The Morgan fingerprint density at radius 2 is 0.438 bits per heavy atom. The van der Waals surface area contributed by atoms with Gasteiger partial charge in [-0.2, -0.15) is 0 Å². The molecule has 137 heavy (non-hydrogen) atoms. The molecule has 0 N–H and O–H groups in total. The van der Waals surface area contributed by atoms with Gasteiger partial charge in [0.1, 0.15) is 5.69 Å². The summed E-state index contributed by atoms with van der Waals surface area (Å²) >= 11 is 0. The molecule has 0 saturated carbocycles. The second kappa shape index (κ2) is 32.5. The van der Waals surface area contributed by atoms with Gasteiger partial charge < -0.3 is 0 Å². The van der Waals surface area contributed by atoms with Crippen molar-refractivity contribution in [3.05, 3.63) is 459 Å². The lowest BCUT2D eigenvalue weighted by Crippen LogP contribution is -2.16. The van der Waals surface area contributed by atoms with Gasteiger partial charge in [0.15, 0.2) is 0 Å². The average molecular weight is 1750 g/mol. The van der Waals surface area contributed by atoms with Crippen LogP contribution < -0.4 is 0 Å². The van der Waals surface area contributed by atoms with Crippen LogP contribution in [0.25, 0.3) is 233 Å². The zero-order valence-corrected chi connectivity index (χ0v) is 76.4. The van der Waals surface area contributed by atoms with E-state index in [4.69, 9.17) is 39.9 Å². The Hall–Kier alpha value is -17.3. The van der Waals surface area contributed by atoms with Crippen molar-refractivity contribution in [1.29, 1.82) is 0 Å². The van der Waals surface area contributed by atoms with E-state index in [1.54, 1.807) is 12.4 Å². The van der Waals surface area contributed by atoms with Gasteiger partial charge in [-0.25, -0.2) is 15.0 Å². The lowest BCUT2D eigenvalue weighted by molar-refractivity contribution is 0.661. The molecule has 0 saturated heterocycles. The fraction of sp³-hybridized carbons (Fsp3) is 0.0709. The number of pyridine rings is 4. The van der Waals surface area contributed by atoms with E-state index in [0.29, 0.717) is 0 Å². The van der Waals surface area contributed by atoms with Gasteiger partial charge in [0.2, 0.25) is 0 Å². The summed E-state index contributed by atoms with van der Waals surface area (Å²) in [4.78, 5) is 49.1. The van der Waals surface area contributed by atoms with Crippen LogP contribution in [-0.2, 0) is 16.2 Å². The minimum Gasteiger partial charge on any atom is -0.255 e. The van der Waals surface area contributed by atoms with Crippen molar-refractivity contribution in [2.45, 2.75) is 57.8 Å². The van der Waals surface area contributed by atoms with Crippen LogP contribution in [0.1, 0.15) is 74.9 Å². The Balaban J connectivity index is 0.000000111. The molecule has 0 bridgehead atoms. The predicted molar refractivity (Wildman–Crippen MR) is 564 cm³/mol. The van der Waals surface area contributed by atoms with Gasteiger partial charge in [-0.3, -0.25) is 34.9 Å². The van der Waals surface area contributed by atoms with Crippen LogP contribution in [0.3, 0.4) is 0 Å². The molecular formula is C127H88N10. The molecule has 7 aromatic heterocycles. The third kappa shape index (κ3) is 13.5. The number of benzene rings is 17. The van der Waals surface area contributed by atoms with Gasteiger partial charge in [0.05, 0.1) is 105 Å². The standard InChI is InChI=1S/C52H35N3.C38H27N3.C37H26N4/c1-52(2)42-23-13-12-22-41(42)51-50(52)47(49-36-17-7-6-14-32(36)28-29-43(49)55-51)35-26-24-34(25-27-35)46-37-18-8-10-20-39(37)48(40-21-11-9-19-38(40)46)45-31-53-44(30-54-45)33-15-4-3-5-16-33;1-38(2)30-15-9-8-14-29(30)37-36(38)34(35-28-13-7-6-10-24(28)20-21-31(35)41-37)27-18-16-26(17-19-27)33-23-39-32(22-40-33)25-11-4-3-5-12-25;1-37(2)28-12-6-5-11-27(28)36-35(37)33(34-26-10-4-3-9-23(26)18-19-30(34)41-36)25-16-14-24(15-17-25)31-21-40-32(22-39-31)29-13-7-8-20-38-29/h3-31H,1-2H3;3-23H,1-2H3;3-22H,1-2H3. The Morgan fingerprint density at radius 3 is 0.766 bits per heavy atom. The van der Waals surface area contributed by atoms with Gasteiger partial charge in [-0.15, -0.1) is 0 Å². The maximum absolute atomic E-state index is 5.41. The summed E-state index contributed by atoms with van der Waals surface area (Å²) in [6.07, 6.45) is 12.9. The summed E-state index contributed by atoms with van der Waals surface area (Å²) in [6, 6.07) is 136. The van der Waals surface area contributed by atoms with Gasteiger partial charge >= 0.3 is 0 Å². The first-order chi connectivity index (χ1) is 67.2. The second-order valence-electron chi connectivity index (χ2n) is 37.6. The number of fused-ring (bicyclic) bond motifs is 20. The molecule has 27 rings (SSSR count). The first-order valence-electron chi connectivity index (χ1n) is 46.9. The first kappa shape index (κ1) is 81.6. The van der Waals surface area contributed by atoms with Gasteiger partial charge in [0, 0.05) is 83.1 Å². The highest BCUT2D eigenvalue weighted by Crippen LogP contribution is 2.59. The van der Waals surface area contributed by atoms with Crippen molar-refractivity contribution in [3.8, 4) is 146 Å². The molecular weight excluding hydrogens is 1670 g/mol. The minimum atomic E-state index is -0.220. The molecule has 24 aromatic rings. The van der Waals surface area contributed by atoms with Crippen molar-refractivity contribution in [2.24, 2.45) is 0 Å². The molecule has 646 valence electrons. The molecule has 0 fully saturated rings. The number of hydrogen-bond donors (Lipinski definition) is 0. The molecule has 10 heteroatoms. The van der Waals surface area contributed by atoms with E-state index in [2.05, 4.69) is 379 Å². The summed E-state index contributed by atoms with van der Waals surface area (Å²) in [5.41, 5.74) is 38.2. The molecule has 10 nitrogen and oxygen atoms in total. The highest BCUT2D eigenvalue weighted by atomic mass is 14.8. The summed E-state index contributed by atoms with van der Waals surface area (Å²) in [7, 11) is 0. The maximum atomic E-state index is 5.41. The van der Waals surface area contributed by atoms with E-state index < -0.39 is 0 Å². The molecule has 0 aliphatic heterocycles. The van der Waals surface area contributed by atoms with Crippen LogP contribution >= 0.6 is 0 Å². The van der Waals surface area contributed by atoms with Crippen LogP contribution in [0.2, 0.25) is 0 Å². The van der Waals surface area contributed by atoms with E-state index in [1.807, 2.05) is 85.6 Å². The van der Waals surface area contributed by atoms with E-state index in [1.165, 1.54) is 154 Å². The summed E-state index contributed by atoms with van der Waals surface area (Å²) in [6.45, 7) is 14.0. The maximum Gasteiger partial charge on any atom is 0.107 e. The summed E-state index contributed by atoms with van der Waals surface area (Å²) < 4.78 is 0. The van der Waals surface area contributed by atoms with E-state index >= 15 is 0 Å². The number of hydrogen-bond acceptors (Lipinski definition) is 10. The number of aromatic nitrogens is 10. The Kier molecular flexibility index (Phi) is 19.4. The fourth-order valence-electron chi connectivity index (χ4n) is 22.2. The average Bonchev–Trinajstić information content (AvgIpc) is 1.55. The van der Waals surface area contributed by atoms with E-state index in [0.717, 1.165) is 112 Å². The van der Waals surface area contributed by atoms with Crippen molar-refractivity contribution in [3.63, 3.8) is 0 Å². The highest BCUT2D eigenvalue weighted by molar-refractivity contribution is 6.23. The zero-order chi connectivity index (χ0) is 91.8. The van der Waals surface area contributed by atoms with Crippen LogP contribution in [0.5, 0.6) is 0 Å². The quantitative estimate of drug-likeness (QED) is 0.0964. The normalized spacial score (nSPS) is 13.2. The minimum absolute atomic E-state index is 0.184. The van der Waals surface area contributed by atoms with Crippen LogP contribution in [-0.4, -0.2) is 49.8 Å². The number of nitrogens with zero attached hydrogens (tertiary/aromatic N) is 10. The SMILES string of the molecule is CC1(C)c2ccccc2-c2nc3ccc4ccccc4c3c(-c3ccc(-c4c5ccccc5c(-c5cnc(-c6ccccc6)cn5)c5ccccc45)cc3)c21.CC1(C)c2ccccc2-c2nc3ccc4ccccc4c3c(-c3ccc(-c4cnc(-c5ccccc5)cn4)cc3)c21.CC1(C)c2ccccc2-c2nc3ccc4ccccc4c3c(-c3ccc(-c4cnc(-c5ccccn5)cn4)cc3)c21. The Bertz CT molecular complexity index is 8610. The molecule has 0 atom stereocenters. The van der Waals surface area contributed by atoms with E-state index in [9.17, 15) is 0 Å². The van der Waals surface area contributed by atoms with Gasteiger partial charge in [-0.1, -0.05) is 393 Å². The largest absolute Gasteiger partial charge is 0.255 e. The highest BCUT2D eigenvalue weighted by Gasteiger charge is 2.44. The van der Waals surface area contributed by atoms with Gasteiger partial charge in [0.25, 0.3) is 0 Å². The van der Waals surface area contributed by atoms with E-state index in [-0.39, 0.29) is 16.2 Å². The molecule has 7 heterocycles. The molecule has 0 unspecified atom stereocenters. The molecule has 0 radical (unpaired) electrons. The van der Waals surface area contributed by atoms with Gasteiger partial charge in [-0.05, 0) is 162 Å². The molecule has 17 aromatic carbocycles. The van der Waals surface area contributed by atoms with Crippen molar-refractivity contribution < 1.29 is 0 Å². The lowest BCUT2D eigenvalue weighted by Gasteiger charge is -2.26. The monoisotopic (exact) mass is 1750 g/mol.